The van der Waals surface area contributed by atoms with E-state index in [2.05, 4.69) is 50.4 Å². The van der Waals surface area contributed by atoms with Crippen molar-refractivity contribution in [2.24, 2.45) is 11.8 Å². The molecule has 0 amide bonds. The molecule has 0 heterocycles. The zero-order valence-corrected chi connectivity index (χ0v) is 13.2. The minimum absolute atomic E-state index is 0.583. The topological polar surface area (TPSA) is 12.0 Å². The van der Waals surface area contributed by atoms with Crippen LogP contribution in [-0.4, -0.2) is 6.04 Å². The van der Waals surface area contributed by atoms with Gasteiger partial charge >= 0.3 is 0 Å². The third kappa shape index (κ3) is 2.65. The van der Waals surface area contributed by atoms with Gasteiger partial charge in [-0.15, -0.1) is 0 Å². The predicted molar refractivity (Wildman–Crippen MR) is 85.9 cm³/mol. The highest BCUT2D eigenvalue weighted by Gasteiger charge is 2.31. The van der Waals surface area contributed by atoms with Crippen LogP contribution in [0.25, 0.3) is 0 Å². The summed E-state index contributed by atoms with van der Waals surface area (Å²) < 4.78 is 0. The quantitative estimate of drug-likeness (QED) is 0.794. The van der Waals surface area contributed by atoms with Gasteiger partial charge in [-0.2, -0.15) is 0 Å². The summed E-state index contributed by atoms with van der Waals surface area (Å²) in [5.74, 6) is 2.42. The molecule has 1 heteroatoms. The average molecular weight is 271 g/mol. The van der Waals surface area contributed by atoms with E-state index in [1.807, 2.05) is 0 Å². The van der Waals surface area contributed by atoms with E-state index >= 15 is 0 Å². The Morgan fingerprint density at radius 3 is 2.45 bits per heavy atom. The number of rotatable bonds is 2. The lowest BCUT2D eigenvalue weighted by Crippen LogP contribution is -2.43. The van der Waals surface area contributed by atoms with Crippen molar-refractivity contribution in [3.63, 3.8) is 0 Å². The summed E-state index contributed by atoms with van der Waals surface area (Å²) in [7, 11) is 0. The van der Waals surface area contributed by atoms with Gasteiger partial charge in [0.25, 0.3) is 0 Å². The fraction of sp³-hybridized carbons (Fsp3) is 0.684. The lowest BCUT2D eigenvalue weighted by molar-refractivity contribution is 0.188. The van der Waals surface area contributed by atoms with E-state index in [0.29, 0.717) is 12.1 Å². The van der Waals surface area contributed by atoms with Gasteiger partial charge in [0.1, 0.15) is 0 Å². The van der Waals surface area contributed by atoms with Crippen LogP contribution >= 0.6 is 0 Å². The van der Waals surface area contributed by atoms with Gasteiger partial charge in [-0.25, -0.2) is 0 Å². The molecule has 5 unspecified atom stereocenters. The van der Waals surface area contributed by atoms with Crippen molar-refractivity contribution in [2.75, 3.05) is 0 Å². The van der Waals surface area contributed by atoms with Crippen LogP contribution in [0, 0.1) is 11.8 Å². The molecule has 1 aromatic rings. The SMILES string of the molecule is CC1CCC(NC2CCCC(C)C2C)c2ccccc21. The first-order chi connectivity index (χ1) is 9.66. The predicted octanol–water partition coefficient (Wildman–Crippen LogP) is 5.04. The first-order valence-corrected chi connectivity index (χ1v) is 8.51. The third-order valence-electron chi connectivity index (χ3n) is 5.91. The van der Waals surface area contributed by atoms with Crippen molar-refractivity contribution in [2.45, 2.75) is 70.9 Å². The molecular weight excluding hydrogens is 242 g/mol. The minimum atomic E-state index is 0.583. The van der Waals surface area contributed by atoms with E-state index in [1.54, 1.807) is 11.1 Å². The number of hydrogen-bond acceptors (Lipinski definition) is 1. The van der Waals surface area contributed by atoms with Crippen LogP contribution in [-0.2, 0) is 0 Å². The third-order valence-corrected chi connectivity index (χ3v) is 5.91. The molecule has 0 radical (unpaired) electrons. The van der Waals surface area contributed by atoms with Crippen LogP contribution in [0.4, 0.5) is 0 Å². The van der Waals surface area contributed by atoms with Crippen LogP contribution in [0.1, 0.15) is 76.0 Å². The Labute approximate surface area is 124 Å². The maximum Gasteiger partial charge on any atom is 0.0325 e. The van der Waals surface area contributed by atoms with Gasteiger partial charge in [0.2, 0.25) is 0 Å². The van der Waals surface area contributed by atoms with Gasteiger partial charge in [0.15, 0.2) is 0 Å². The molecule has 1 fully saturated rings. The number of nitrogens with one attached hydrogen (secondary N) is 1. The monoisotopic (exact) mass is 271 g/mol. The maximum absolute atomic E-state index is 4.01. The smallest absolute Gasteiger partial charge is 0.0325 e. The van der Waals surface area contributed by atoms with Crippen LogP contribution in [0.2, 0.25) is 0 Å². The fourth-order valence-electron chi connectivity index (χ4n) is 4.25. The summed E-state index contributed by atoms with van der Waals surface area (Å²) in [6.07, 6.45) is 6.80. The lowest BCUT2D eigenvalue weighted by Gasteiger charge is -2.39. The fourth-order valence-corrected chi connectivity index (χ4v) is 4.25. The summed E-state index contributed by atoms with van der Waals surface area (Å²) in [5.41, 5.74) is 3.14. The summed E-state index contributed by atoms with van der Waals surface area (Å²) in [6, 6.07) is 10.4. The van der Waals surface area contributed by atoms with Gasteiger partial charge < -0.3 is 5.32 Å². The van der Waals surface area contributed by atoms with Crippen molar-refractivity contribution in [1.82, 2.24) is 5.32 Å². The van der Waals surface area contributed by atoms with E-state index in [9.17, 15) is 0 Å². The zero-order chi connectivity index (χ0) is 14.1. The molecule has 0 spiro atoms. The summed E-state index contributed by atoms with van der Waals surface area (Å²) in [6.45, 7) is 7.24. The highest BCUT2D eigenvalue weighted by molar-refractivity contribution is 5.35. The van der Waals surface area contributed by atoms with Crippen molar-refractivity contribution < 1.29 is 0 Å². The van der Waals surface area contributed by atoms with Gasteiger partial charge in [-0.3, -0.25) is 0 Å². The van der Waals surface area contributed by atoms with Crippen LogP contribution in [0.5, 0.6) is 0 Å². The molecule has 20 heavy (non-hydrogen) atoms. The highest BCUT2D eigenvalue weighted by Crippen LogP contribution is 2.39. The second-order valence-corrected chi connectivity index (χ2v) is 7.20. The van der Waals surface area contributed by atoms with Crippen LogP contribution in [0.3, 0.4) is 0 Å². The van der Waals surface area contributed by atoms with E-state index in [0.717, 1.165) is 17.8 Å². The van der Waals surface area contributed by atoms with Crippen molar-refractivity contribution in [3.8, 4) is 0 Å². The van der Waals surface area contributed by atoms with Gasteiger partial charge in [0.05, 0.1) is 0 Å². The second kappa shape index (κ2) is 5.89. The molecule has 1 aromatic carbocycles. The second-order valence-electron chi connectivity index (χ2n) is 7.20. The number of fused-ring (bicyclic) bond motifs is 1. The van der Waals surface area contributed by atoms with Crippen molar-refractivity contribution >= 4 is 0 Å². The molecule has 1 saturated carbocycles. The minimum Gasteiger partial charge on any atom is -0.307 e. The molecule has 1 N–H and O–H groups in total. The Bertz CT molecular complexity index is 453. The molecular formula is C19H29N. The Balaban J connectivity index is 1.77. The van der Waals surface area contributed by atoms with Crippen LogP contribution < -0.4 is 5.32 Å². The molecule has 1 nitrogen and oxygen atoms in total. The van der Waals surface area contributed by atoms with Crippen molar-refractivity contribution in [1.29, 1.82) is 0 Å². The molecule has 110 valence electrons. The number of benzene rings is 1. The summed E-state index contributed by atoms with van der Waals surface area (Å²) in [5, 5.41) is 4.01. The van der Waals surface area contributed by atoms with E-state index < -0.39 is 0 Å². The molecule has 0 saturated heterocycles. The van der Waals surface area contributed by atoms with Gasteiger partial charge in [-0.05, 0) is 48.1 Å². The van der Waals surface area contributed by atoms with E-state index in [1.165, 1.54) is 32.1 Å². The lowest BCUT2D eigenvalue weighted by atomic mass is 9.76. The van der Waals surface area contributed by atoms with Crippen molar-refractivity contribution in [3.05, 3.63) is 35.4 Å². The average Bonchev–Trinajstić information content (AvgIpc) is 2.47. The Morgan fingerprint density at radius 2 is 1.65 bits per heavy atom. The number of hydrogen-bond donors (Lipinski definition) is 1. The standard InChI is InChI=1S/C19H29N/c1-13-7-6-10-18(15(13)3)20-19-12-11-14(2)16-8-4-5-9-17(16)19/h4-5,8-9,13-15,18-20H,6-7,10-12H2,1-3H3. The molecule has 2 aliphatic rings. The van der Waals surface area contributed by atoms with Gasteiger partial charge in [0, 0.05) is 12.1 Å². The Kier molecular flexibility index (Phi) is 4.16. The normalized spacial score (nSPS) is 37.5. The highest BCUT2D eigenvalue weighted by atomic mass is 15.0. The Morgan fingerprint density at radius 1 is 0.900 bits per heavy atom. The first kappa shape index (κ1) is 14.1. The summed E-state index contributed by atoms with van der Waals surface area (Å²) >= 11 is 0. The molecule has 0 aromatic heterocycles. The zero-order valence-electron chi connectivity index (χ0n) is 13.2. The van der Waals surface area contributed by atoms with Crippen LogP contribution in [0.15, 0.2) is 24.3 Å². The maximum atomic E-state index is 4.01. The van der Waals surface area contributed by atoms with Gasteiger partial charge in [-0.1, -0.05) is 57.9 Å². The first-order valence-electron chi connectivity index (χ1n) is 8.51. The molecule has 2 aliphatic carbocycles. The largest absolute Gasteiger partial charge is 0.307 e. The molecule has 3 rings (SSSR count). The molecule has 5 atom stereocenters. The van der Waals surface area contributed by atoms with E-state index in [4.69, 9.17) is 0 Å². The summed E-state index contributed by atoms with van der Waals surface area (Å²) in [4.78, 5) is 0. The molecule has 0 aliphatic heterocycles. The van der Waals surface area contributed by atoms with E-state index in [-0.39, 0.29) is 0 Å². The Hall–Kier alpha value is -0.820. The molecule has 0 bridgehead atoms.